The zero-order valence-electron chi connectivity index (χ0n) is 11.0. The van der Waals surface area contributed by atoms with Crippen LogP contribution in [0.2, 0.25) is 0 Å². The molecule has 5 nitrogen and oxygen atoms in total. The molecule has 1 fully saturated rings. The molecule has 0 radical (unpaired) electrons. The number of nitriles is 1. The summed E-state index contributed by atoms with van der Waals surface area (Å²) in [5.74, 6) is -0.0834. The number of nitrogens with zero attached hydrogens (tertiary/aromatic N) is 2. The van der Waals surface area contributed by atoms with E-state index in [1.807, 2.05) is 13.8 Å². The van der Waals surface area contributed by atoms with Crippen LogP contribution in [0.25, 0.3) is 0 Å². The average Bonchev–Trinajstić information content (AvgIpc) is 2.81. The summed E-state index contributed by atoms with van der Waals surface area (Å²) in [5, 5.41) is 14.1. The topological polar surface area (TPSA) is 65.4 Å². The molecule has 6 heteroatoms. The van der Waals surface area contributed by atoms with Crippen LogP contribution < -0.4 is 5.32 Å². The van der Waals surface area contributed by atoms with Gasteiger partial charge in [0.25, 0.3) is 0 Å². The molecule has 1 aromatic heterocycles. The molecule has 2 rings (SSSR count). The Kier molecular flexibility index (Phi) is 4.53. The lowest BCUT2D eigenvalue weighted by atomic mass is 10.2. The molecule has 0 bridgehead atoms. The van der Waals surface area contributed by atoms with Crippen molar-refractivity contribution in [3.05, 3.63) is 17.0 Å². The molecule has 19 heavy (non-hydrogen) atoms. The maximum absolute atomic E-state index is 12.0. The number of hydrogen-bond donors (Lipinski definition) is 1. The average molecular weight is 279 g/mol. The molecule has 2 atom stereocenters. The van der Waals surface area contributed by atoms with Crippen LogP contribution in [0.5, 0.6) is 0 Å². The molecule has 1 aromatic rings. The molecule has 0 aliphatic carbocycles. The largest absolute Gasteiger partial charge is 0.376 e. The zero-order valence-corrected chi connectivity index (χ0v) is 11.9. The third-order valence-corrected chi connectivity index (χ3v) is 3.95. The van der Waals surface area contributed by atoms with E-state index >= 15 is 0 Å². The number of nitrogens with one attached hydrogen (secondary N) is 1. The minimum atomic E-state index is -0.0834. The van der Waals surface area contributed by atoms with Crippen LogP contribution in [0, 0.1) is 11.3 Å². The van der Waals surface area contributed by atoms with Crippen molar-refractivity contribution >= 4 is 22.2 Å². The van der Waals surface area contributed by atoms with Gasteiger partial charge in [-0.3, -0.25) is 9.69 Å². The molecule has 0 saturated carbocycles. The molecule has 1 aliphatic rings. The summed E-state index contributed by atoms with van der Waals surface area (Å²) in [4.78, 5) is 14.1. The Hall–Kier alpha value is -1.42. The van der Waals surface area contributed by atoms with Crippen molar-refractivity contribution in [3.8, 4) is 6.07 Å². The van der Waals surface area contributed by atoms with Crippen molar-refractivity contribution < 1.29 is 9.53 Å². The maximum Gasteiger partial charge on any atom is 0.239 e. The molecule has 1 saturated heterocycles. The van der Waals surface area contributed by atoms with Gasteiger partial charge in [-0.1, -0.05) is 0 Å². The van der Waals surface area contributed by atoms with Gasteiger partial charge in [0.05, 0.1) is 24.8 Å². The Morgan fingerprint density at radius 2 is 2.47 bits per heavy atom. The van der Waals surface area contributed by atoms with Gasteiger partial charge in [0.1, 0.15) is 11.1 Å². The molecule has 0 unspecified atom stereocenters. The van der Waals surface area contributed by atoms with Crippen molar-refractivity contribution in [2.75, 3.05) is 25.0 Å². The highest BCUT2D eigenvalue weighted by Gasteiger charge is 2.25. The first-order valence-electron chi connectivity index (χ1n) is 6.23. The van der Waals surface area contributed by atoms with Gasteiger partial charge in [-0.05, 0) is 25.3 Å². The Morgan fingerprint density at radius 3 is 3.21 bits per heavy atom. The first-order valence-corrected chi connectivity index (χ1v) is 7.11. The molecular formula is C13H17N3O2S. The van der Waals surface area contributed by atoms with Crippen molar-refractivity contribution in [2.45, 2.75) is 26.0 Å². The van der Waals surface area contributed by atoms with Gasteiger partial charge in [0.15, 0.2) is 0 Å². The normalized spacial score (nSPS) is 23.8. The first-order chi connectivity index (χ1) is 9.10. The Bertz CT molecular complexity index is 494. The van der Waals surface area contributed by atoms with E-state index in [1.54, 1.807) is 11.4 Å². The smallest absolute Gasteiger partial charge is 0.239 e. The van der Waals surface area contributed by atoms with Crippen molar-refractivity contribution in [2.24, 2.45) is 0 Å². The Balaban J connectivity index is 1.92. The second-order valence-corrected chi connectivity index (χ2v) is 5.66. The summed E-state index contributed by atoms with van der Waals surface area (Å²) in [6.07, 6.45) is 0.153. The van der Waals surface area contributed by atoms with Gasteiger partial charge >= 0.3 is 0 Å². The second kappa shape index (κ2) is 6.15. The Morgan fingerprint density at radius 1 is 1.68 bits per heavy atom. The van der Waals surface area contributed by atoms with Crippen molar-refractivity contribution in [3.63, 3.8) is 0 Å². The number of carbonyl (C=O) groups excluding carboxylic acids is 1. The highest BCUT2D eigenvalue weighted by atomic mass is 32.1. The van der Waals surface area contributed by atoms with Gasteiger partial charge in [-0.2, -0.15) is 5.26 Å². The standard InChI is InChI=1S/C13H17N3O2S/c1-9-8-18-10(2)6-16(9)7-12(17)15-13-11(5-14)3-4-19-13/h3-4,9-10H,6-8H2,1-2H3,(H,15,17)/t9-,10+/m0/s1. The van der Waals surface area contributed by atoms with E-state index in [0.717, 1.165) is 6.54 Å². The molecule has 1 aliphatic heterocycles. The van der Waals surface area contributed by atoms with Crippen molar-refractivity contribution in [1.82, 2.24) is 4.90 Å². The minimum absolute atomic E-state index is 0.0834. The number of carbonyl (C=O) groups is 1. The zero-order chi connectivity index (χ0) is 13.8. The SMILES string of the molecule is C[C@@H]1CN(CC(=O)Nc2sccc2C#N)[C@@H](C)CO1. The van der Waals surface area contributed by atoms with Gasteiger partial charge in [0, 0.05) is 12.6 Å². The lowest BCUT2D eigenvalue weighted by Crippen LogP contribution is -2.50. The van der Waals surface area contributed by atoms with E-state index < -0.39 is 0 Å². The number of anilines is 1. The van der Waals surface area contributed by atoms with E-state index in [2.05, 4.69) is 16.3 Å². The number of hydrogen-bond acceptors (Lipinski definition) is 5. The molecule has 0 spiro atoms. The summed E-state index contributed by atoms with van der Waals surface area (Å²) in [7, 11) is 0. The van der Waals surface area contributed by atoms with Gasteiger partial charge < -0.3 is 10.1 Å². The fraction of sp³-hybridized carbons (Fsp3) is 0.538. The fourth-order valence-electron chi connectivity index (χ4n) is 2.04. The molecule has 1 N–H and O–H groups in total. The van der Waals surface area contributed by atoms with Crippen LogP contribution in [-0.2, 0) is 9.53 Å². The van der Waals surface area contributed by atoms with Crippen LogP contribution in [0.4, 0.5) is 5.00 Å². The van der Waals surface area contributed by atoms with E-state index in [4.69, 9.17) is 10.00 Å². The van der Waals surface area contributed by atoms with Gasteiger partial charge in [0.2, 0.25) is 5.91 Å². The number of ether oxygens (including phenoxy) is 1. The van der Waals surface area contributed by atoms with Crippen LogP contribution >= 0.6 is 11.3 Å². The van der Waals surface area contributed by atoms with Crippen LogP contribution in [0.15, 0.2) is 11.4 Å². The third-order valence-electron chi connectivity index (χ3n) is 3.12. The van der Waals surface area contributed by atoms with E-state index in [0.29, 0.717) is 23.7 Å². The first kappa shape index (κ1) is 14.0. The molecule has 102 valence electrons. The lowest BCUT2D eigenvalue weighted by Gasteiger charge is -2.36. The monoisotopic (exact) mass is 279 g/mol. The predicted molar refractivity (Wildman–Crippen MR) is 74.1 cm³/mol. The van der Waals surface area contributed by atoms with E-state index in [-0.39, 0.29) is 18.1 Å². The second-order valence-electron chi connectivity index (χ2n) is 4.75. The lowest BCUT2D eigenvalue weighted by molar-refractivity contribution is -0.121. The molecular weight excluding hydrogens is 262 g/mol. The summed E-state index contributed by atoms with van der Waals surface area (Å²) >= 11 is 1.37. The van der Waals surface area contributed by atoms with Crippen LogP contribution in [0.3, 0.4) is 0 Å². The minimum Gasteiger partial charge on any atom is -0.376 e. The summed E-state index contributed by atoms with van der Waals surface area (Å²) in [6, 6.07) is 4.01. The van der Waals surface area contributed by atoms with Crippen LogP contribution in [-0.4, -0.2) is 42.6 Å². The summed E-state index contributed by atoms with van der Waals surface area (Å²) < 4.78 is 5.53. The highest BCUT2D eigenvalue weighted by molar-refractivity contribution is 7.14. The maximum atomic E-state index is 12.0. The van der Waals surface area contributed by atoms with E-state index in [1.165, 1.54) is 11.3 Å². The third kappa shape index (κ3) is 3.53. The quantitative estimate of drug-likeness (QED) is 0.914. The van der Waals surface area contributed by atoms with Gasteiger partial charge in [-0.25, -0.2) is 0 Å². The molecule has 2 heterocycles. The molecule has 1 amide bonds. The van der Waals surface area contributed by atoms with Gasteiger partial charge in [-0.15, -0.1) is 11.3 Å². The molecule has 0 aromatic carbocycles. The highest BCUT2D eigenvalue weighted by Crippen LogP contribution is 2.22. The summed E-state index contributed by atoms with van der Waals surface area (Å²) in [6.45, 7) is 5.79. The predicted octanol–water partition coefficient (Wildman–Crippen LogP) is 1.67. The fourth-order valence-corrected chi connectivity index (χ4v) is 2.79. The van der Waals surface area contributed by atoms with Crippen molar-refractivity contribution in [1.29, 1.82) is 5.26 Å². The summed E-state index contributed by atoms with van der Waals surface area (Å²) in [5.41, 5.74) is 0.516. The number of amides is 1. The number of rotatable bonds is 3. The number of thiophene rings is 1. The van der Waals surface area contributed by atoms with Crippen LogP contribution in [0.1, 0.15) is 19.4 Å². The Labute approximate surface area is 116 Å². The van der Waals surface area contributed by atoms with E-state index in [9.17, 15) is 4.79 Å². The number of morpholine rings is 1.